The maximum atomic E-state index is 5.32. The second kappa shape index (κ2) is 2.25. The van der Waals surface area contributed by atoms with Crippen molar-refractivity contribution in [3.63, 3.8) is 0 Å². The maximum Gasteiger partial charge on any atom is 0.181 e. The van der Waals surface area contributed by atoms with Gasteiger partial charge in [0.1, 0.15) is 0 Å². The van der Waals surface area contributed by atoms with Crippen molar-refractivity contribution in [1.82, 2.24) is 5.48 Å². The molecule has 9 heavy (non-hydrogen) atoms. The van der Waals surface area contributed by atoms with Gasteiger partial charge in [0.2, 0.25) is 0 Å². The van der Waals surface area contributed by atoms with Gasteiger partial charge in [-0.1, -0.05) is 0 Å². The van der Waals surface area contributed by atoms with Gasteiger partial charge < -0.3 is 4.74 Å². The maximum absolute atomic E-state index is 5.32. The summed E-state index contributed by atoms with van der Waals surface area (Å²) < 4.78 is 5.32. The zero-order chi connectivity index (χ0) is 6.10. The molecular weight excluding hydrogens is 118 g/mol. The lowest BCUT2D eigenvalue weighted by molar-refractivity contribution is -0.173. The molecule has 0 saturated carbocycles. The molecule has 0 amide bonds. The van der Waals surface area contributed by atoms with E-state index in [1.165, 1.54) is 12.8 Å². The largest absolute Gasteiger partial charge is 0.350 e. The van der Waals surface area contributed by atoms with Gasteiger partial charge in [-0.25, -0.2) is 0 Å². The molecule has 0 spiro atoms. The first kappa shape index (κ1) is 5.65. The van der Waals surface area contributed by atoms with Crippen LogP contribution in [0.3, 0.4) is 0 Å². The SMILES string of the molecule is C1COC2ONCC2C1. The van der Waals surface area contributed by atoms with Crippen LogP contribution >= 0.6 is 0 Å². The standard InChI is InChI=1S/C6H11NO2/c1-2-5-4-7-9-6(5)8-3-1/h5-7H,1-4H2. The van der Waals surface area contributed by atoms with Crippen molar-refractivity contribution in [1.29, 1.82) is 0 Å². The van der Waals surface area contributed by atoms with Gasteiger partial charge in [0.15, 0.2) is 6.29 Å². The summed E-state index contributed by atoms with van der Waals surface area (Å²) in [6.45, 7) is 1.83. The van der Waals surface area contributed by atoms with E-state index < -0.39 is 0 Å². The Bertz CT molecular complexity index is 95.2. The fourth-order valence-corrected chi connectivity index (χ4v) is 1.38. The quantitative estimate of drug-likeness (QED) is 0.509. The second-order valence-corrected chi connectivity index (χ2v) is 2.61. The highest BCUT2D eigenvalue weighted by molar-refractivity contribution is 4.72. The molecule has 2 atom stereocenters. The average molecular weight is 129 g/mol. The van der Waals surface area contributed by atoms with Gasteiger partial charge >= 0.3 is 0 Å². The summed E-state index contributed by atoms with van der Waals surface area (Å²) in [5.41, 5.74) is 2.84. The van der Waals surface area contributed by atoms with E-state index in [-0.39, 0.29) is 6.29 Å². The minimum atomic E-state index is 0.0544. The summed E-state index contributed by atoms with van der Waals surface area (Å²) in [4.78, 5) is 5.08. The lowest BCUT2D eigenvalue weighted by atomic mass is 10.0. The van der Waals surface area contributed by atoms with Crippen LogP contribution in [0.4, 0.5) is 0 Å². The predicted molar refractivity (Wildman–Crippen MR) is 31.6 cm³/mol. The molecule has 2 aliphatic rings. The molecule has 2 heterocycles. The molecule has 0 bridgehead atoms. The molecule has 2 saturated heterocycles. The van der Waals surface area contributed by atoms with Gasteiger partial charge in [0, 0.05) is 19.1 Å². The number of nitrogens with one attached hydrogen (secondary N) is 1. The first-order valence-corrected chi connectivity index (χ1v) is 3.47. The van der Waals surface area contributed by atoms with E-state index >= 15 is 0 Å². The van der Waals surface area contributed by atoms with Crippen LogP contribution in [0.5, 0.6) is 0 Å². The van der Waals surface area contributed by atoms with E-state index in [0.717, 1.165) is 13.2 Å². The molecule has 1 N–H and O–H groups in total. The zero-order valence-electron chi connectivity index (χ0n) is 5.30. The smallest absolute Gasteiger partial charge is 0.181 e. The molecule has 2 fully saturated rings. The number of hydrogen-bond donors (Lipinski definition) is 1. The van der Waals surface area contributed by atoms with Crippen molar-refractivity contribution in [2.45, 2.75) is 19.1 Å². The summed E-state index contributed by atoms with van der Waals surface area (Å²) in [6, 6.07) is 0. The van der Waals surface area contributed by atoms with Crippen molar-refractivity contribution in [3.8, 4) is 0 Å². The van der Waals surface area contributed by atoms with Gasteiger partial charge in [-0.3, -0.25) is 4.84 Å². The fraction of sp³-hybridized carbons (Fsp3) is 1.00. The molecule has 2 unspecified atom stereocenters. The van der Waals surface area contributed by atoms with Gasteiger partial charge in [0.25, 0.3) is 0 Å². The van der Waals surface area contributed by atoms with Crippen molar-refractivity contribution in [2.75, 3.05) is 13.2 Å². The fourth-order valence-electron chi connectivity index (χ4n) is 1.38. The monoisotopic (exact) mass is 129 g/mol. The van der Waals surface area contributed by atoms with Gasteiger partial charge in [0.05, 0.1) is 0 Å². The molecule has 3 heteroatoms. The van der Waals surface area contributed by atoms with Crippen molar-refractivity contribution < 1.29 is 9.57 Å². The minimum Gasteiger partial charge on any atom is -0.350 e. The summed E-state index contributed by atoms with van der Waals surface area (Å²) in [5.74, 6) is 0.610. The number of fused-ring (bicyclic) bond motifs is 1. The molecule has 0 aromatic rings. The topological polar surface area (TPSA) is 30.5 Å². The second-order valence-electron chi connectivity index (χ2n) is 2.61. The predicted octanol–water partition coefficient (Wildman–Crippen LogP) is 0.274. The molecular formula is C6H11NO2. The van der Waals surface area contributed by atoms with Crippen LogP contribution in [0.1, 0.15) is 12.8 Å². The van der Waals surface area contributed by atoms with Crippen LogP contribution in [0.15, 0.2) is 0 Å². The van der Waals surface area contributed by atoms with Gasteiger partial charge in [-0.2, -0.15) is 5.48 Å². The van der Waals surface area contributed by atoms with E-state index in [2.05, 4.69) is 5.48 Å². The van der Waals surface area contributed by atoms with Gasteiger partial charge in [-0.15, -0.1) is 0 Å². The van der Waals surface area contributed by atoms with E-state index in [9.17, 15) is 0 Å². The molecule has 0 radical (unpaired) electrons. The number of ether oxygens (including phenoxy) is 1. The third-order valence-corrected chi connectivity index (χ3v) is 1.93. The van der Waals surface area contributed by atoms with Crippen LogP contribution in [0, 0.1) is 5.92 Å². The van der Waals surface area contributed by atoms with Crippen LogP contribution in [0.2, 0.25) is 0 Å². The Hall–Kier alpha value is -0.120. The van der Waals surface area contributed by atoms with Crippen molar-refractivity contribution >= 4 is 0 Å². The molecule has 0 aromatic heterocycles. The zero-order valence-corrected chi connectivity index (χ0v) is 5.30. The molecule has 0 aliphatic carbocycles. The first-order chi connectivity index (χ1) is 4.47. The first-order valence-electron chi connectivity index (χ1n) is 3.47. The molecule has 3 nitrogen and oxygen atoms in total. The van der Waals surface area contributed by atoms with E-state index in [1.807, 2.05) is 0 Å². The third-order valence-electron chi connectivity index (χ3n) is 1.93. The summed E-state index contributed by atoms with van der Waals surface area (Å²) in [6.07, 6.45) is 2.49. The minimum absolute atomic E-state index is 0.0544. The van der Waals surface area contributed by atoms with E-state index in [1.54, 1.807) is 0 Å². The third kappa shape index (κ3) is 0.956. The Labute approximate surface area is 54.3 Å². The number of hydrogen-bond acceptors (Lipinski definition) is 3. The Morgan fingerprint density at radius 3 is 3.33 bits per heavy atom. The molecule has 2 aliphatic heterocycles. The number of rotatable bonds is 0. The molecule has 52 valence electrons. The highest BCUT2D eigenvalue weighted by Crippen LogP contribution is 2.23. The van der Waals surface area contributed by atoms with E-state index in [0.29, 0.717) is 5.92 Å². The lowest BCUT2D eigenvalue weighted by Crippen LogP contribution is -2.26. The Kier molecular flexibility index (Phi) is 1.41. The summed E-state index contributed by atoms with van der Waals surface area (Å²) in [5, 5.41) is 0. The summed E-state index contributed by atoms with van der Waals surface area (Å²) in [7, 11) is 0. The van der Waals surface area contributed by atoms with Crippen LogP contribution < -0.4 is 5.48 Å². The molecule has 2 rings (SSSR count). The van der Waals surface area contributed by atoms with Crippen LogP contribution in [-0.4, -0.2) is 19.4 Å². The summed E-state index contributed by atoms with van der Waals surface area (Å²) >= 11 is 0. The lowest BCUT2D eigenvalue weighted by Gasteiger charge is -2.22. The highest BCUT2D eigenvalue weighted by atomic mass is 16.8. The number of hydroxylamine groups is 1. The molecule has 0 aromatic carbocycles. The average Bonchev–Trinajstić information content (AvgIpc) is 2.33. The Morgan fingerprint density at radius 2 is 2.44 bits per heavy atom. The van der Waals surface area contributed by atoms with Crippen LogP contribution in [-0.2, 0) is 9.57 Å². The Balaban J connectivity index is 1.97. The van der Waals surface area contributed by atoms with Crippen molar-refractivity contribution in [2.24, 2.45) is 5.92 Å². The normalized spacial score (nSPS) is 42.7. The van der Waals surface area contributed by atoms with E-state index in [4.69, 9.17) is 9.57 Å². The Morgan fingerprint density at radius 1 is 1.44 bits per heavy atom. The highest BCUT2D eigenvalue weighted by Gasteiger charge is 2.31. The van der Waals surface area contributed by atoms with Gasteiger partial charge in [-0.05, 0) is 12.8 Å². The van der Waals surface area contributed by atoms with Crippen LogP contribution in [0.25, 0.3) is 0 Å². The van der Waals surface area contributed by atoms with Crippen molar-refractivity contribution in [3.05, 3.63) is 0 Å².